The summed E-state index contributed by atoms with van der Waals surface area (Å²) in [6, 6.07) is 2.40. The smallest absolute Gasteiger partial charge is 0.166 e. The van der Waals surface area contributed by atoms with Gasteiger partial charge in [0.1, 0.15) is 11.2 Å². The average molecular weight is 272 g/mol. The van der Waals surface area contributed by atoms with Crippen molar-refractivity contribution in [1.29, 1.82) is 5.26 Å². The Balaban J connectivity index is 3.05. The predicted molar refractivity (Wildman–Crippen MR) is 67.9 cm³/mol. The first-order valence-corrected chi connectivity index (χ1v) is 5.81. The third-order valence-electron chi connectivity index (χ3n) is 2.59. The van der Waals surface area contributed by atoms with Crippen LogP contribution in [0.1, 0.15) is 26.3 Å². The Bertz CT molecular complexity index is 479. The summed E-state index contributed by atoms with van der Waals surface area (Å²) in [6.07, 6.45) is 0. The zero-order valence-electron chi connectivity index (χ0n) is 10.5. The summed E-state index contributed by atoms with van der Waals surface area (Å²) in [5, 5.41) is 20.7. The van der Waals surface area contributed by atoms with Crippen molar-refractivity contribution in [2.75, 3.05) is 11.9 Å². The number of aliphatic hydroxyl groups excluding tert-OH is 1. The van der Waals surface area contributed by atoms with Gasteiger partial charge in [0, 0.05) is 0 Å². The van der Waals surface area contributed by atoms with E-state index in [1.807, 2.05) is 20.8 Å². The fourth-order valence-electron chi connectivity index (χ4n) is 1.35. The quantitative estimate of drug-likeness (QED) is 0.829. The molecule has 0 spiro atoms. The molecule has 1 aromatic heterocycles. The number of rotatable bonds is 3. The maximum atomic E-state index is 13.7. The van der Waals surface area contributed by atoms with Gasteiger partial charge in [-0.05, 0) is 11.5 Å². The van der Waals surface area contributed by atoms with Crippen molar-refractivity contribution < 1.29 is 9.50 Å². The van der Waals surface area contributed by atoms with Gasteiger partial charge in [-0.2, -0.15) is 5.26 Å². The van der Waals surface area contributed by atoms with Crippen LogP contribution in [0.3, 0.4) is 0 Å². The summed E-state index contributed by atoms with van der Waals surface area (Å²) in [4.78, 5) is 3.79. The SMILES string of the molecule is CC(C)(C)C(CO)Nc1nc(Cl)c(C#N)cc1F. The number of anilines is 1. The number of hydrogen-bond acceptors (Lipinski definition) is 4. The van der Waals surface area contributed by atoms with Crippen LogP contribution < -0.4 is 5.32 Å². The summed E-state index contributed by atoms with van der Waals surface area (Å²) in [6.45, 7) is 5.56. The minimum atomic E-state index is -0.668. The molecule has 0 amide bonds. The maximum Gasteiger partial charge on any atom is 0.166 e. The average Bonchev–Trinajstić information content (AvgIpc) is 2.27. The van der Waals surface area contributed by atoms with Gasteiger partial charge in [0.25, 0.3) is 0 Å². The van der Waals surface area contributed by atoms with Gasteiger partial charge in [0.05, 0.1) is 18.2 Å². The van der Waals surface area contributed by atoms with E-state index in [1.165, 1.54) is 0 Å². The highest BCUT2D eigenvalue weighted by Crippen LogP contribution is 2.25. The molecule has 0 bridgehead atoms. The third kappa shape index (κ3) is 3.31. The van der Waals surface area contributed by atoms with Crippen molar-refractivity contribution in [3.63, 3.8) is 0 Å². The second kappa shape index (κ2) is 5.51. The van der Waals surface area contributed by atoms with Gasteiger partial charge >= 0.3 is 0 Å². The zero-order chi connectivity index (χ0) is 13.9. The number of nitrogens with zero attached hydrogens (tertiary/aromatic N) is 2. The lowest BCUT2D eigenvalue weighted by atomic mass is 9.87. The van der Waals surface area contributed by atoms with Crippen molar-refractivity contribution in [2.24, 2.45) is 5.41 Å². The second-order valence-electron chi connectivity index (χ2n) is 5.01. The molecule has 0 radical (unpaired) electrons. The molecule has 18 heavy (non-hydrogen) atoms. The first kappa shape index (κ1) is 14.7. The monoisotopic (exact) mass is 271 g/mol. The lowest BCUT2D eigenvalue weighted by molar-refractivity contribution is 0.201. The van der Waals surface area contributed by atoms with Crippen molar-refractivity contribution in [3.8, 4) is 6.07 Å². The Morgan fingerprint density at radius 2 is 2.22 bits per heavy atom. The summed E-state index contributed by atoms with van der Waals surface area (Å²) in [5.74, 6) is -0.730. The highest BCUT2D eigenvalue weighted by molar-refractivity contribution is 6.30. The number of nitriles is 1. The molecule has 1 unspecified atom stereocenters. The number of nitrogens with one attached hydrogen (secondary N) is 1. The Morgan fingerprint density at radius 1 is 1.61 bits per heavy atom. The molecular weight excluding hydrogens is 257 g/mol. The molecule has 2 N–H and O–H groups in total. The molecular formula is C12H15ClFN3O. The van der Waals surface area contributed by atoms with E-state index in [0.717, 1.165) is 6.07 Å². The van der Waals surface area contributed by atoms with Crippen molar-refractivity contribution >= 4 is 17.4 Å². The van der Waals surface area contributed by atoms with E-state index >= 15 is 0 Å². The molecule has 4 nitrogen and oxygen atoms in total. The van der Waals surface area contributed by atoms with E-state index in [2.05, 4.69) is 10.3 Å². The highest BCUT2D eigenvalue weighted by Gasteiger charge is 2.25. The first-order valence-electron chi connectivity index (χ1n) is 5.43. The fourth-order valence-corrected chi connectivity index (χ4v) is 1.53. The van der Waals surface area contributed by atoms with Gasteiger partial charge in [-0.3, -0.25) is 0 Å². The normalized spacial score (nSPS) is 12.9. The van der Waals surface area contributed by atoms with Crippen LogP contribution in [0, 0.1) is 22.6 Å². The van der Waals surface area contributed by atoms with E-state index in [-0.39, 0.29) is 34.6 Å². The second-order valence-corrected chi connectivity index (χ2v) is 5.37. The molecule has 0 aliphatic heterocycles. The van der Waals surface area contributed by atoms with Gasteiger partial charge in [-0.1, -0.05) is 32.4 Å². The van der Waals surface area contributed by atoms with Crippen molar-refractivity contribution in [2.45, 2.75) is 26.8 Å². The van der Waals surface area contributed by atoms with Gasteiger partial charge in [-0.15, -0.1) is 0 Å². The topological polar surface area (TPSA) is 68.9 Å². The molecule has 1 aromatic rings. The third-order valence-corrected chi connectivity index (χ3v) is 2.88. The van der Waals surface area contributed by atoms with E-state index in [4.69, 9.17) is 16.9 Å². The molecule has 1 rings (SSSR count). The Morgan fingerprint density at radius 3 is 2.67 bits per heavy atom. The molecule has 0 aliphatic rings. The highest BCUT2D eigenvalue weighted by atomic mass is 35.5. The fraction of sp³-hybridized carbons (Fsp3) is 0.500. The molecule has 0 aromatic carbocycles. The summed E-state index contributed by atoms with van der Waals surface area (Å²) >= 11 is 5.74. The first-order chi connectivity index (χ1) is 8.29. The van der Waals surface area contributed by atoms with Crippen LogP contribution in [0.15, 0.2) is 6.07 Å². The molecule has 0 aliphatic carbocycles. The van der Waals surface area contributed by atoms with Crippen LogP contribution in [-0.4, -0.2) is 22.7 Å². The number of pyridine rings is 1. The van der Waals surface area contributed by atoms with Crippen LogP contribution >= 0.6 is 11.6 Å². The zero-order valence-corrected chi connectivity index (χ0v) is 11.2. The summed E-state index contributed by atoms with van der Waals surface area (Å²) in [5.41, 5.74) is -0.292. The predicted octanol–water partition coefficient (Wildman–Crippen LogP) is 2.56. The maximum absolute atomic E-state index is 13.7. The van der Waals surface area contributed by atoms with E-state index in [1.54, 1.807) is 6.07 Å². The lowest BCUT2D eigenvalue weighted by Gasteiger charge is -2.30. The molecule has 0 saturated carbocycles. The van der Waals surface area contributed by atoms with Crippen LogP contribution in [0.25, 0.3) is 0 Å². The van der Waals surface area contributed by atoms with E-state index in [9.17, 15) is 9.50 Å². The van der Waals surface area contributed by atoms with Crippen molar-refractivity contribution in [3.05, 3.63) is 22.6 Å². The summed E-state index contributed by atoms with van der Waals surface area (Å²) < 4.78 is 13.7. The number of aliphatic hydroxyl groups is 1. The van der Waals surface area contributed by atoms with Gasteiger partial charge in [0.2, 0.25) is 0 Å². The number of hydrogen-bond donors (Lipinski definition) is 2. The van der Waals surface area contributed by atoms with Crippen LogP contribution in [0.5, 0.6) is 0 Å². The molecule has 1 atom stereocenters. The van der Waals surface area contributed by atoms with Crippen LogP contribution in [0.4, 0.5) is 10.2 Å². The molecule has 6 heteroatoms. The van der Waals surface area contributed by atoms with E-state index < -0.39 is 5.82 Å². The van der Waals surface area contributed by atoms with Gasteiger partial charge in [0.15, 0.2) is 11.6 Å². The molecule has 1 heterocycles. The lowest BCUT2D eigenvalue weighted by Crippen LogP contribution is -2.37. The number of aromatic nitrogens is 1. The van der Waals surface area contributed by atoms with Gasteiger partial charge in [-0.25, -0.2) is 9.37 Å². The molecule has 0 saturated heterocycles. The summed E-state index contributed by atoms with van der Waals surface area (Å²) in [7, 11) is 0. The van der Waals surface area contributed by atoms with Gasteiger partial charge < -0.3 is 10.4 Å². The van der Waals surface area contributed by atoms with Crippen LogP contribution in [0.2, 0.25) is 5.15 Å². The number of halogens is 2. The molecule has 0 fully saturated rings. The largest absolute Gasteiger partial charge is 0.394 e. The minimum Gasteiger partial charge on any atom is -0.394 e. The van der Waals surface area contributed by atoms with E-state index in [0.29, 0.717) is 0 Å². The Labute approximate surface area is 110 Å². The van der Waals surface area contributed by atoms with Crippen LogP contribution in [-0.2, 0) is 0 Å². The minimum absolute atomic E-state index is 0.0176. The molecule has 98 valence electrons. The van der Waals surface area contributed by atoms with Crippen molar-refractivity contribution in [1.82, 2.24) is 4.98 Å². The standard InChI is InChI=1S/C12H15ClFN3O/c1-12(2,3)9(6-18)16-11-8(14)4-7(5-15)10(13)17-11/h4,9,18H,6H2,1-3H3,(H,16,17). The Hall–Kier alpha value is -1.38. The Kier molecular flexibility index (Phi) is 4.49.